The van der Waals surface area contributed by atoms with Crippen molar-refractivity contribution in [2.24, 2.45) is 0 Å². The van der Waals surface area contributed by atoms with E-state index in [4.69, 9.17) is 0 Å². The van der Waals surface area contributed by atoms with E-state index in [1.54, 1.807) is 0 Å². The maximum atomic E-state index is 11.9. The Kier molecular flexibility index (Phi) is 3.31. The molecule has 1 aliphatic heterocycles. The number of hydrogen-bond donors (Lipinski definition) is 0. The largest absolute Gasteiger partial charge is 0.294 e. The summed E-state index contributed by atoms with van der Waals surface area (Å²) in [7, 11) is -3.21. The number of ketones is 1. The smallest absolute Gasteiger partial charge is 0.211 e. The lowest BCUT2D eigenvalue weighted by atomic mass is 9.98. The molecule has 4 nitrogen and oxygen atoms in total. The molecule has 2 rings (SSSR count). The van der Waals surface area contributed by atoms with Gasteiger partial charge in [-0.3, -0.25) is 4.79 Å². The van der Waals surface area contributed by atoms with Gasteiger partial charge in [0.1, 0.15) is 0 Å². The first kappa shape index (κ1) is 12.3. The van der Waals surface area contributed by atoms with Crippen LogP contribution in [-0.4, -0.2) is 37.9 Å². The minimum Gasteiger partial charge on any atom is -0.294 e. The van der Waals surface area contributed by atoms with E-state index in [0.29, 0.717) is 13.0 Å². The minimum absolute atomic E-state index is 0.0222. The van der Waals surface area contributed by atoms with Gasteiger partial charge in [-0.05, 0) is 12.0 Å². The first-order valence-corrected chi connectivity index (χ1v) is 7.39. The zero-order valence-electron chi connectivity index (χ0n) is 9.72. The fraction of sp³-hybridized carbons (Fsp3) is 0.417. The molecule has 0 aliphatic carbocycles. The number of fused-ring (bicyclic) bond motifs is 1. The first-order valence-electron chi connectivity index (χ1n) is 5.55. The average Bonchev–Trinajstić information content (AvgIpc) is 2.24. The van der Waals surface area contributed by atoms with Gasteiger partial charge < -0.3 is 0 Å². The standard InChI is InChI=1S/C12H15NO3S/c1-17(15,16)13-8-6-10-4-2-3-5-11(10)12(14)7-9-13/h2-5H,6-9H2,1H3. The van der Waals surface area contributed by atoms with E-state index in [2.05, 4.69) is 0 Å². The molecule has 0 amide bonds. The third kappa shape index (κ3) is 2.73. The van der Waals surface area contributed by atoms with Crippen LogP contribution in [0.25, 0.3) is 0 Å². The molecule has 5 heteroatoms. The number of Topliss-reactive ketones (excluding diaryl/α,β-unsaturated/α-hetero) is 1. The number of hydrogen-bond acceptors (Lipinski definition) is 3. The first-order chi connectivity index (χ1) is 7.98. The van der Waals surface area contributed by atoms with Gasteiger partial charge in [0, 0.05) is 25.1 Å². The van der Waals surface area contributed by atoms with E-state index < -0.39 is 10.0 Å². The highest BCUT2D eigenvalue weighted by Gasteiger charge is 2.22. The van der Waals surface area contributed by atoms with E-state index in [1.807, 2.05) is 24.3 Å². The van der Waals surface area contributed by atoms with Crippen LogP contribution in [0.15, 0.2) is 24.3 Å². The van der Waals surface area contributed by atoms with E-state index in [-0.39, 0.29) is 18.7 Å². The van der Waals surface area contributed by atoms with Crippen molar-refractivity contribution in [3.8, 4) is 0 Å². The van der Waals surface area contributed by atoms with Crippen LogP contribution in [0.2, 0.25) is 0 Å². The summed E-state index contributed by atoms with van der Waals surface area (Å²) in [6.45, 7) is 0.731. The predicted molar refractivity (Wildman–Crippen MR) is 65.5 cm³/mol. The number of nitrogens with zero attached hydrogens (tertiary/aromatic N) is 1. The second-order valence-corrected chi connectivity index (χ2v) is 6.22. The van der Waals surface area contributed by atoms with Crippen molar-refractivity contribution in [1.82, 2.24) is 4.31 Å². The number of sulfonamides is 1. The highest BCUT2D eigenvalue weighted by molar-refractivity contribution is 7.88. The summed E-state index contributed by atoms with van der Waals surface area (Å²) < 4.78 is 24.3. The molecular weight excluding hydrogens is 238 g/mol. The van der Waals surface area contributed by atoms with Crippen LogP contribution < -0.4 is 0 Å². The summed E-state index contributed by atoms with van der Waals surface area (Å²) in [6.07, 6.45) is 2.03. The number of rotatable bonds is 1. The molecule has 1 aliphatic rings. The molecule has 0 spiro atoms. The van der Waals surface area contributed by atoms with Crippen molar-refractivity contribution in [3.63, 3.8) is 0 Å². The predicted octanol–water partition coefficient (Wildman–Crippen LogP) is 1.08. The molecule has 0 saturated heterocycles. The van der Waals surface area contributed by atoms with Gasteiger partial charge >= 0.3 is 0 Å². The van der Waals surface area contributed by atoms with E-state index in [0.717, 1.165) is 11.1 Å². The Balaban J connectivity index is 2.31. The monoisotopic (exact) mass is 253 g/mol. The highest BCUT2D eigenvalue weighted by atomic mass is 32.2. The van der Waals surface area contributed by atoms with E-state index in [9.17, 15) is 13.2 Å². The molecule has 0 aromatic heterocycles. The highest BCUT2D eigenvalue weighted by Crippen LogP contribution is 2.17. The number of carbonyl (C=O) groups is 1. The number of benzene rings is 1. The van der Waals surface area contributed by atoms with Crippen LogP contribution in [0.3, 0.4) is 0 Å². The van der Waals surface area contributed by atoms with Crippen LogP contribution in [-0.2, 0) is 16.4 Å². The maximum absolute atomic E-state index is 11.9. The van der Waals surface area contributed by atoms with Crippen molar-refractivity contribution in [2.45, 2.75) is 12.8 Å². The molecule has 1 aromatic carbocycles. The van der Waals surface area contributed by atoms with Crippen LogP contribution in [0.4, 0.5) is 0 Å². The summed E-state index contributed by atoms with van der Waals surface area (Å²) >= 11 is 0. The summed E-state index contributed by atoms with van der Waals surface area (Å²) in [5, 5.41) is 0. The van der Waals surface area contributed by atoms with Gasteiger partial charge in [-0.2, -0.15) is 0 Å². The molecule has 0 N–H and O–H groups in total. The molecular formula is C12H15NO3S. The Morgan fingerprint density at radius 3 is 2.47 bits per heavy atom. The third-order valence-electron chi connectivity index (χ3n) is 3.01. The van der Waals surface area contributed by atoms with Gasteiger partial charge in [0.05, 0.1) is 6.26 Å². The van der Waals surface area contributed by atoms with Gasteiger partial charge in [0.15, 0.2) is 5.78 Å². The fourth-order valence-electron chi connectivity index (χ4n) is 2.06. The molecule has 0 unspecified atom stereocenters. The van der Waals surface area contributed by atoms with Crippen LogP contribution in [0.1, 0.15) is 22.3 Å². The molecule has 1 heterocycles. The number of carbonyl (C=O) groups excluding carboxylic acids is 1. The fourth-order valence-corrected chi connectivity index (χ4v) is 2.91. The Bertz CT molecular complexity index is 536. The second kappa shape index (κ2) is 4.58. The van der Waals surface area contributed by atoms with E-state index in [1.165, 1.54) is 10.6 Å². The zero-order valence-corrected chi connectivity index (χ0v) is 10.5. The Labute approximate surface area is 101 Å². The molecule has 0 bridgehead atoms. The van der Waals surface area contributed by atoms with Gasteiger partial charge in [0.25, 0.3) is 0 Å². The normalized spacial score (nSPS) is 18.3. The van der Waals surface area contributed by atoms with Crippen molar-refractivity contribution in [1.29, 1.82) is 0 Å². The van der Waals surface area contributed by atoms with Crippen LogP contribution in [0, 0.1) is 0 Å². The lowest BCUT2D eigenvalue weighted by Gasteiger charge is -2.22. The molecule has 0 fully saturated rings. The minimum atomic E-state index is -3.21. The van der Waals surface area contributed by atoms with Gasteiger partial charge in [0.2, 0.25) is 10.0 Å². The van der Waals surface area contributed by atoms with Crippen molar-refractivity contribution in [3.05, 3.63) is 35.4 Å². The quantitative estimate of drug-likeness (QED) is 0.752. The lowest BCUT2D eigenvalue weighted by Crippen LogP contribution is -2.35. The summed E-state index contributed by atoms with van der Waals surface area (Å²) in [5.74, 6) is 0.0222. The molecule has 92 valence electrons. The van der Waals surface area contributed by atoms with E-state index >= 15 is 0 Å². The molecule has 1 aromatic rings. The zero-order chi connectivity index (χ0) is 12.5. The summed E-state index contributed by atoms with van der Waals surface area (Å²) in [6, 6.07) is 7.41. The van der Waals surface area contributed by atoms with Gasteiger partial charge in [-0.1, -0.05) is 24.3 Å². The Morgan fingerprint density at radius 1 is 1.12 bits per heavy atom. The molecule has 0 radical (unpaired) electrons. The molecule has 0 atom stereocenters. The Hall–Kier alpha value is -1.20. The van der Waals surface area contributed by atoms with Crippen LogP contribution >= 0.6 is 0 Å². The van der Waals surface area contributed by atoms with Crippen molar-refractivity contribution < 1.29 is 13.2 Å². The van der Waals surface area contributed by atoms with Crippen LogP contribution in [0.5, 0.6) is 0 Å². The SMILES string of the molecule is CS(=O)(=O)N1CCC(=O)c2ccccc2CC1. The lowest BCUT2D eigenvalue weighted by molar-refractivity contribution is 0.0972. The van der Waals surface area contributed by atoms with Gasteiger partial charge in [-0.25, -0.2) is 12.7 Å². The Morgan fingerprint density at radius 2 is 1.76 bits per heavy atom. The maximum Gasteiger partial charge on any atom is 0.211 e. The molecule has 17 heavy (non-hydrogen) atoms. The summed E-state index contributed by atoms with van der Waals surface area (Å²) in [5.41, 5.74) is 1.67. The topological polar surface area (TPSA) is 54.5 Å². The third-order valence-corrected chi connectivity index (χ3v) is 4.31. The second-order valence-electron chi connectivity index (χ2n) is 4.24. The van der Waals surface area contributed by atoms with Crippen molar-refractivity contribution >= 4 is 15.8 Å². The van der Waals surface area contributed by atoms with Crippen molar-refractivity contribution in [2.75, 3.05) is 19.3 Å². The van der Waals surface area contributed by atoms with Gasteiger partial charge in [-0.15, -0.1) is 0 Å². The summed E-state index contributed by atoms with van der Waals surface area (Å²) in [4.78, 5) is 11.9. The average molecular weight is 253 g/mol. The molecule has 0 saturated carbocycles.